The number of hydrogen-bond acceptors (Lipinski definition) is 1. The van der Waals surface area contributed by atoms with Gasteiger partial charge in [-0.1, -0.05) is 62.3 Å². The quantitative estimate of drug-likeness (QED) is 0.591. The number of ketones is 1. The first-order valence-corrected chi connectivity index (χ1v) is 7.30. The lowest BCUT2D eigenvalue weighted by Gasteiger charge is -2.41. The maximum atomic E-state index is 15.5. The minimum absolute atomic E-state index is 0.0116. The minimum Gasteiger partial charge on any atom is -0.289 e. The first-order valence-electron chi connectivity index (χ1n) is 7.30. The van der Waals surface area contributed by atoms with Crippen LogP contribution in [0.3, 0.4) is 0 Å². The van der Waals surface area contributed by atoms with Crippen molar-refractivity contribution in [1.82, 2.24) is 0 Å². The van der Waals surface area contributed by atoms with Crippen LogP contribution in [0.1, 0.15) is 62.3 Å². The molecule has 0 saturated heterocycles. The summed E-state index contributed by atoms with van der Waals surface area (Å²) in [7, 11) is 0. The summed E-state index contributed by atoms with van der Waals surface area (Å²) < 4.78 is 15.5. The van der Waals surface area contributed by atoms with Crippen molar-refractivity contribution in [2.75, 3.05) is 0 Å². The molecule has 1 rings (SSSR count). The number of Topliss-reactive ketones (excluding diaryl/α,β-unsaturated/α-hetero) is 1. The van der Waals surface area contributed by atoms with Gasteiger partial charge in [0.15, 0.2) is 11.5 Å². The Morgan fingerprint density at radius 1 is 0.800 bits per heavy atom. The van der Waals surface area contributed by atoms with Gasteiger partial charge in [-0.3, -0.25) is 4.79 Å². The van der Waals surface area contributed by atoms with E-state index in [0.29, 0.717) is 11.1 Å². The zero-order chi connectivity index (χ0) is 16.1. The fourth-order valence-corrected chi connectivity index (χ4v) is 2.29. The molecule has 0 atom stereocenters. The van der Waals surface area contributed by atoms with Crippen molar-refractivity contribution < 1.29 is 9.18 Å². The highest BCUT2D eigenvalue weighted by atomic mass is 19.1. The molecular formula is C18H29FO. The molecule has 0 unspecified atom stereocenters. The van der Waals surface area contributed by atoms with E-state index in [9.17, 15) is 4.79 Å². The molecular weight excluding hydrogens is 251 g/mol. The van der Waals surface area contributed by atoms with Gasteiger partial charge in [0.1, 0.15) is 0 Å². The normalized spacial score (nSPS) is 20.6. The molecule has 2 heteroatoms. The van der Waals surface area contributed by atoms with E-state index in [-0.39, 0.29) is 16.6 Å². The summed E-state index contributed by atoms with van der Waals surface area (Å²) >= 11 is 0. The maximum Gasteiger partial charge on any atom is 0.185 e. The van der Waals surface area contributed by atoms with Crippen LogP contribution in [-0.4, -0.2) is 11.5 Å². The van der Waals surface area contributed by atoms with Gasteiger partial charge in [-0.15, -0.1) is 0 Å². The summed E-state index contributed by atoms with van der Waals surface area (Å²) in [5.74, 6) is -0.0116. The third-order valence-corrected chi connectivity index (χ3v) is 3.96. The number of halogens is 1. The monoisotopic (exact) mass is 280 g/mol. The lowest BCUT2D eigenvalue weighted by Crippen LogP contribution is -2.42. The third kappa shape index (κ3) is 3.05. The van der Waals surface area contributed by atoms with Crippen LogP contribution < -0.4 is 0 Å². The Kier molecular flexibility index (Phi) is 3.89. The molecule has 20 heavy (non-hydrogen) atoms. The van der Waals surface area contributed by atoms with Gasteiger partial charge in [0, 0.05) is 16.6 Å². The van der Waals surface area contributed by atoms with Crippen molar-refractivity contribution in [3.63, 3.8) is 0 Å². The summed E-state index contributed by atoms with van der Waals surface area (Å²) in [6, 6.07) is 0. The lowest BCUT2D eigenvalue weighted by atomic mass is 9.65. The van der Waals surface area contributed by atoms with Gasteiger partial charge in [0.25, 0.3) is 0 Å². The Hall–Kier alpha value is -0.920. The highest BCUT2D eigenvalue weighted by Crippen LogP contribution is 2.47. The molecule has 0 aliphatic heterocycles. The molecule has 0 amide bonds. The Bertz CT molecular complexity index is 439. The van der Waals surface area contributed by atoms with Gasteiger partial charge in [-0.2, -0.15) is 0 Å². The largest absolute Gasteiger partial charge is 0.289 e. The van der Waals surface area contributed by atoms with Crippen LogP contribution in [0.2, 0.25) is 0 Å². The predicted octanol–water partition coefficient (Wildman–Crippen LogP) is 5.27. The van der Waals surface area contributed by atoms with Crippen molar-refractivity contribution in [3.05, 3.63) is 23.3 Å². The Morgan fingerprint density at radius 3 is 1.30 bits per heavy atom. The fourth-order valence-electron chi connectivity index (χ4n) is 2.29. The van der Waals surface area contributed by atoms with E-state index >= 15 is 4.39 Å². The van der Waals surface area contributed by atoms with E-state index in [2.05, 4.69) is 0 Å². The average molecular weight is 280 g/mol. The summed E-state index contributed by atoms with van der Waals surface area (Å²) in [4.78, 5) is 12.7. The van der Waals surface area contributed by atoms with E-state index in [1.807, 2.05) is 62.3 Å². The van der Waals surface area contributed by atoms with E-state index in [1.54, 1.807) is 12.2 Å². The Morgan fingerprint density at radius 2 is 1.10 bits per heavy atom. The van der Waals surface area contributed by atoms with Crippen LogP contribution in [0.4, 0.5) is 4.39 Å². The predicted molar refractivity (Wildman–Crippen MR) is 83.4 cm³/mol. The Labute approximate surface area is 123 Å². The highest BCUT2D eigenvalue weighted by Gasteiger charge is 2.46. The number of carbonyl (C=O) groups excluding carboxylic acids is 1. The van der Waals surface area contributed by atoms with Crippen molar-refractivity contribution in [2.45, 2.75) is 68.0 Å². The zero-order valence-electron chi connectivity index (χ0n) is 14.4. The van der Waals surface area contributed by atoms with Crippen molar-refractivity contribution in [1.29, 1.82) is 0 Å². The first kappa shape index (κ1) is 17.1. The molecule has 1 nitrogen and oxygen atoms in total. The van der Waals surface area contributed by atoms with Crippen LogP contribution in [0.25, 0.3) is 0 Å². The third-order valence-electron chi connectivity index (χ3n) is 3.96. The molecule has 1 aliphatic carbocycles. The molecule has 1 aliphatic rings. The van der Waals surface area contributed by atoms with Crippen LogP contribution >= 0.6 is 0 Å². The first-order chi connectivity index (χ1) is 8.59. The van der Waals surface area contributed by atoms with Gasteiger partial charge in [-0.25, -0.2) is 4.39 Å². The van der Waals surface area contributed by atoms with E-state index in [4.69, 9.17) is 0 Å². The molecule has 0 aromatic carbocycles. The molecule has 0 saturated carbocycles. The van der Waals surface area contributed by atoms with Crippen LogP contribution in [-0.2, 0) is 4.79 Å². The molecule has 0 spiro atoms. The van der Waals surface area contributed by atoms with E-state index in [1.165, 1.54) is 0 Å². The van der Waals surface area contributed by atoms with Gasteiger partial charge in [-0.05, 0) is 23.0 Å². The number of carbonyl (C=O) groups is 1. The van der Waals surface area contributed by atoms with Crippen LogP contribution in [0.5, 0.6) is 0 Å². The molecule has 0 aromatic rings. The lowest BCUT2D eigenvalue weighted by molar-refractivity contribution is -0.114. The minimum atomic E-state index is -1.59. The summed E-state index contributed by atoms with van der Waals surface area (Å²) in [6.45, 7) is 17.4. The smallest absolute Gasteiger partial charge is 0.185 e. The molecule has 0 heterocycles. The highest BCUT2D eigenvalue weighted by molar-refractivity contribution is 6.11. The van der Waals surface area contributed by atoms with Crippen molar-refractivity contribution in [2.24, 2.45) is 16.2 Å². The fraction of sp³-hybridized carbons (Fsp3) is 0.722. The molecule has 0 N–H and O–H groups in total. The van der Waals surface area contributed by atoms with Crippen LogP contribution in [0, 0.1) is 16.2 Å². The zero-order valence-corrected chi connectivity index (χ0v) is 14.4. The summed E-state index contributed by atoms with van der Waals surface area (Å²) in [6.07, 6.45) is 3.09. The van der Waals surface area contributed by atoms with Gasteiger partial charge < -0.3 is 0 Å². The van der Waals surface area contributed by atoms with Gasteiger partial charge in [0.2, 0.25) is 0 Å². The maximum absolute atomic E-state index is 15.5. The average Bonchev–Trinajstić information content (AvgIpc) is 2.16. The number of allylic oxidation sites excluding steroid dienone is 4. The molecule has 0 bridgehead atoms. The summed E-state index contributed by atoms with van der Waals surface area (Å²) in [5.41, 5.74) is -1.72. The molecule has 0 aromatic heterocycles. The van der Waals surface area contributed by atoms with Gasteiger partial charge >= 0.3 is 0 Å². The summed E-state index contributed by atoms with van der Waals surface area (Å²) in [5, 5.41) is 0. The van der Waals surface area contributed by atoms with Crippen LogP contribution in [0.15, 0.2) is 23.3 Å². The number of rotatable bonds is 0. The SMILES string of the molecule is CC(C)(C)C1=CC(F)(C(C)(C)C)C=C(C(C)(C)C)C1=O. The topological polar surface area (TPSA) is 17.1 Å². The number of hydrogen-bond donors (Lipinski definition) is 0. The molecule has 114 valence electrons. The van der Waals surface area contributed by atoms with Crippen molar-refractivity contribution >= 4 is 5.78 Å². The van der Waals surface area contributed by atoms with E-state index in [0.717, 1.165) is 0 Å². The second-order valence-corrected chi connectivity index (χ2v) is 8.96. The standard InChI is InChI=1S/C18H29FO/c1-15(2,3)12-10-18(19,17(7,8)9)11-13(14(12)20)16(4,5)6/h10-11H,1-9H3. The van der Waals surface area contributed by atoms with E-state index < -0.39 is 11.1 Å². The van der Waals surface area contributed by atoms with Gasteiger partial charge in [0.05, 0.1) is 0 Å². The second kappa shape index (κ2) is 4.54. The number of alkyl halides is 1. The Balaban J connectivity index is 3.58. The van der Waals surface area contributed by atoms with Crippen molar-refractivity contribution in [3.8, 4) is 0 Å². The molecule has 0 fully saturated rings. The molecule has 0 radical (unpaired) electrons. The second-order valence-electron chi connectivity index (χ2n) is 8.96.